The number of nitrogens with one attached hydrogen (secondary N) is 1. The van der Waals surface area contributed by atoms with Crippen molar-refractivity contribution in [3.05, 3.63) is 34.3 Å². The molecule has 17 heavy (non-hydrogen) atoms. The molecule has 90 valence electrons. The van der Waals surface area contributed by atoms with Crippen LogP contribution in [0.5, 0.6) is 0 Å². The summed E-state index contributed by atoms with van der Waals surface area (Å²) in [5, 5.41) is 12.7. The zero-order chi connectivity index (χ0) is 12.3. The Kier molecular flexibility index (Phi) is 3.86. The van der Waals surface area contributed by atoms with Crippen molar-refractivity contribution in [2.75, 3.05) is 6.54 Å². The molecule has 1 atom stereocenters. The minimum atomic E-state index is -0.448. The van der Waals surface area contributed by atoms with Crippen LogP contribution < -0.4 is 5.32 Å². The highest BCUT2D eigenvalue weighted by Gasteiger charge is 2.28. The monoisotopic (exact) mass is 292 g/mol. The fourth-order valence-corrected chi connectivity index (χ4v) is 2.11. The third-order valence-electron chi connectivity index (χ3n) is 3.20. The molecule has 1 aliphatic rings. The lowest BCUT2D eigenvalue weighted by Crippen LogP contribution is -2.44. The first-order valence-corrected chi connectivity index (χ1v) is 6.81. The van der Waals surface area contributed by atoms with Gasteiger partial charge in [-0.2, -0.15) is 5.26 Å². The Bertz CT molecular complexity index is 417. The maximum atomic E-state index is 9.31. The summed E-state index contributed by atoms with van der Waals surface area (Å²) in [7, 11) is 0. The van der Waals surface area contributed by atoms with E-state index in [1.807, 2.05) is 19.1 Å². The van der Waals surface area contributed by atoms with Gasteiger partial charge < -0.3 is 0 Å². The molecule has 0 bridgehead atoms. The highest BCUT2D eigenvalue weighted by Crippen LogP contribution is 2.28. The Hall–Kier alpha value is -0.850. The molecule has 0 aromatic heterocycles. The smallest absolute Gasteiger partial charge is 0.107 e. The molecule has 3 heteroatoms. The average molecular weight is 293 g/mol. The lowest BCUT2D eigenvalue weighted by atomic mass is 9.94. The van der Waals surface area contributed by atoms with Crippen molar-refractivity contribution in [3.8, 4) is 6.07 Å². The van der Waals surface area contributed by atoms with Crippen LogP contribution in [0.3, 0.4) is 0 Å². The van der Waals surface area contributed by atoms with E-state index < -0.39 is 5.54 Å². The first-order valence-electron chi connectivity index (χ1n) is 6.02. The number of nitriles is 1. The second-order valence-corrected chi connectivity index (χ2v) is 5.99. The number of halogens is 1. The summed E-state index contributed by atoms with van der Waals surface area (Å²) in [6.45, 7) is 2.96. The predicted octanol–water partition coefficient (Wildman–Crippen LogP) is 3.27. The van der Waals surface area contributed by atoms with Crippen molar-refractivity contribution in [1.29, 1.82) is 5.26 Å². The van der Waals surface area contributed by atoms with Gasteiger partial charge in [0.25, 0.3) is 0 Å². The van der Waals surface area contributed by atoms with Crippen LogP contribution in [0.15, 0.2) is 28.7 Å². The Balaban J connectivity index is 1.97. The molecule has 0 radical (unpaired) electrons. The molecule has 2 rings (SSSR count). The van der Waals surface area contributed by atoms with Crippen LogP contribution in [0, 0.1) is 17.2 Å². The van der Waals surface area contributed by atoms with Crippen LogP contribution >= 0.6 is 15.9 Å². The van der Waals surface area contributed by atoms with E-state index in [2.05, 4.69) is 39.4 Å². The number of rotatable bonds is 5. The minimum absolute atomic E-state index is 0.448. The van der Waals surface area contributed by atoms with E-state index in [1.54, 1.807) is 0 Å². The van der Waals surface area contributed by atoms with Crippen molar-refractivity contribution < 1.29 is 0 Å². The largest absolute Gasteiger partial charge is 0.299 e. The van der Waals surface area contributed by atoms with Crippen molar-refractivity contribution in [2.24, 2.45) is 5.92 Å². The third-order valence-corrected chi connectivity index (χ3v) is 3.72. The fourth-order valence-electron chi connectivity index (χ4n) is 1.84. The van der Waals surface area contributed by atoms with E-state index in [0.29, 0.717) is 0 Å². The van der Waals surface area contributed by atoms with Gasteiger partial charge in [-0.05, 0) is 49.9 Å². The highest BCUT2D eigenvalue weighted by atomic mass is 79.9. The molecule has 1 aromatic rings. The van der Waals surface area contributed by atoms with Crippen LogP contribution in [-0.2, 0) is 6.42 Å². The second kappa shape index (κ2) is 5.20. The van der Waals surface area contributed by atoms with Gasteiger partial charge in [0.15, 0.2) is 0 Å². The van der Waals surface area contributed by atoms with Gasteiger partial charge in [-0.1, -0.05) is 28.1 Å². The summed E-state index contributed by atoms with van der Waals surface area (Å²) in [6.07, 6.45) is 3.38. The van der Waals surface area contributed by atoms with E-state index in [4.69, 9.17) is 0 Å². The van der Waals surface area contributed by atoms with Crippen molar-refractivity contribution in [3.63, 3.8) is 0 Å². The van der Waals surface area contributed by atoms with Gasteiger partial charge in [0.1, 0.15) is 5.54 Å². The number of hydrogen-bond acceptors (Lipinski definition) is 2. The molecular weight excluding hydrogens is 276 g/mol. The predicted molar refractivity (Wildman–Crippen MR) is 72.6 cm³/mol. The molecule has 1 saturated carbocycles. The minimum Gasteiger partial charge on any atom is -0.299 e. The van der Waals surface area contributed by atoms with E-state index in [0.717, 1.165) is 23.4 Å². The molecule has 1 unspecified atom stereocenters. The summed E-state index contributed by atoms with van der Waals surface area (Å²) in [6, 6.07) is 10.6. The molecule has 0 amide bonds. The van der Waals surface area contributed by atoms with Gasteiger partial charge in [-0.3, -0.25) is 5.32 Å². The molecule has 0 aliphatic heterocycles. The van der Waals surface area contributed by atoms with Gasteiger partial charge in [0.05, 0.1) is 6.07 Å². The molecule has 1 N–H and O–H groups in total. The second-order valence-electron chi connectivity index (χ2n) is 5.07. The maximum absolute atomic E-state index is 9.31. The Morgan fingerprint density at radius 2 is 2.06 bits per heavy atom. The molecular formula is C14H17BrN2. The lowest BCUT2D eigenvalue weighted by Gasteiger charge is -2.23. The van der Waals surface area contributed by atoms with E-state index in [1.165, 1.54) is 18.4 Å². The van der Waals surface area contributed by atoms with Crippen LogP contribution in [0.25, 0.3) is 0 Å². The summed E-state index contributed by atoms with van der Waals surface area (Å²) in [5.74, 6) is 0.799. The standard InChI is InChI=1S/C14H17BrN2/c1-14(10-16,17-9-12-2-3-12)8-11-4-6-13(15)7-5-11/h4-7,12,17H,2-3,8-9H2,1H3. The molecule has 0 spiro atoms. The summed E-state index contributed by atoms with van der Waals surface area (Å²) in [4.78, 5) is 0. The summed E-state index contributed by atoms with van der Waals surface area (Å²) >= 11 is 3.42. The van der Waals surface area contributed by atoms with E-state index in [9.17, 15) is 5.26 Å². The van der Waals surface area contributed by atoms with Crippen LogP contribution in [0.4, 0.5) is 0 Å². The van der Waals surface area contributed by atoms with E-state index >= 15 is 0 Å². The van der Waals surface area contributed by atoms with Gasteiger partial charge in [-0.25, -0.2) is 0 Å². The molecule has 2 nitrogen and oxygen atoms in total. The molecule has 0 saturated heterocycles. The normalized spacial score (nSPS) is 18.4. The number of benzene rings is 1. The maximum Gasteiger partial charge on any atom is 0.107 e. The summed E-state index contributed by atoms with van der Waals surface area (Å²) in [5.41, 5.74) is 0.747. The average Bonchev–Trinajstić information content (AvgIpc) is 3.14. The van der Waals surface area contributed by atoms with Crippen LogP contribution in [-0.4, -0.2) is 12.1 Å². The highest BCUT2D eigenvalue weighted by molar-refractivity contribution is 9.10. The quantitative estimate of drug-likeness (QED) is 0.904. The van der Waals surface area contributed by atoms with Gasteiger partial charge in [0, 0.05) is 10.9 Å². The van der Waals surface area contributed by atoms with Crippen molar-refractivity contribution in [2.45, 2.75) is 31.7 Å². The van der Waals surface area contributed by atoms with Gasteiger partial charge in [0.2, 0.25) is 0 Å². The Morgan fingerprint density at radius 3 is 2.59 bits per heavy atom. The first-order chi connectivity index (χ1) is 8.11. The topological polar surface area (TPSA) is 35.8 Å². The molecule has 1 aliphatic carbocycles. The fraction of sp³-hybridized carbons (Fsp3) is 0.500. The van der Waals surface area contributed by atoms with Crippen molar-refractivity contribution in [1.82, 2.24) is 5.32 Å². The first kappa shape index (κ1) is 12.6. The van der Waals surface area contributed by atoms with Gasteiger partial charge in [-0.15, -0.1) is 0 Å². The lowest BCUT2D eigenvalue weighted by molar-refractivity contribution is 0.434. The number of nitrogens with zero attached hydrogens (tertiary/aromatic N) is 1. The third kappa shape index (κ3) is 3.83. The van der Waals surface area contributed by atoms with E-state index in [-0.39, 0.29) is 0 Å². The van der Waals surface area contributed by atoms with Crippen LogP contribution in [0.1, 0.15) is 25.3 Å². The van der Waals surface area contributed by atoms with Crippen LogP contribution in [0.2, 0.25) is 0 Å². The molecule has 0 heterocycles. The Morgan fingerprint density at radius 1 is 1.41 bits per heavy atom. The van der Waals surface area contributed by atoms with Gasteiger partial charge >= 0.3 is 0 Å². The molecule has 1 aromatic carbocycles. The number of hydrogen-bond donors (Lipinski definition) is 1. The zero-order valence-corrected chi connectivity index (χ0v) is 11.6. The SMILES string of the molecule is CC(C#N)(Cc1ccc(Br)cc1)NCC1CC1. The van der Waals surface area contributed by atoms with Crippen molar-refractivity contribution >= 4 is 15.9 Å². The Labute approximate surface area is 111 Å². The summed E-state index contributed by atoms with van der Waals surface area (Å²) < 4.78 is 1.07. The molecule has 1 fully saturated rings. The zero-order valence-electron chi connectivity index (χ0n) is 10.0.